The van der Waals surface area contributed by atoms with Crippen molar-refractivity contribution >= 4 is 11.1 Å². The molecule has 2 rings (SSSR count). The van der Waals surface area contributed by atoms with Gasteiger partial charge in [-0.25, -0.2) is 4.98 Å². The van der Waals surface area contributed by atoms with Gasteiger partial charge in [-0.2, -0.15) is 0 Å². The Bertz CT molecular complexity index is 392. The summed E-state index contributed by atoms with van der Waals surface area (Å²) in [4.78, 5) is 4.28. The lowest BCUT2D eigenvalue weighted by Gasteiger charge is -1.88. The van der Waals surface area contributed by atoms with Crippen LogP contribution < -0.4 is 0 Å². The smallest absolute Gasteiger partial charge is 0.185 e. The van der Waals surface area contributed by atoms with Crippen LogP contribution in [0.4, 0.5) is 0 Å². The zero-order valence-corrected chi connectivity index (χ0v) is 6.46. The first-order valence-corrected chi connectivity index (χ1v) is 3.47. The van der Waals surface area contributed by atoms with Crippen molar-refractivity contribution in [1.82, 2.24) is 10.1 Å². The molecule has 0 aliphatic heterocycles. The van der Waals surface area contributed by atoms with Gasteiger partial charge in [0.05, 0.1) is 0 Å². The summed E-state index contributed by atoms with van der Waals surface area (Å²) in [5.41, 5.74) is 3.46. The number of pyridine rings is 1. The van der Waals surface area contributed by atoms with E-state index in [9.17, 15) is 0 Å². The zero-order valence-electron chi connectivity index (χ0n) is 6.46. The predicted molar refractivity (Wildman–Crippen MR) is 41.3 cm³/mol. The molecule has 3 nitrogen and oxygen atoms in total. The highest BCUT2D eigenvalue weighted by Gasteiger charge is 2.03. The van der Waals surface area contributed by atoms with E-state index in [2.05, 4.69) is 10.1 Å². The third kappa shape index (κ3) is 0.888. The Balaban J connectivity index is 2.87. The van der Waals surface area contributed by atoms with Gasteiger partial charge in [0.1, 0.15) is 11.2 Å². The van der Waals surface area contributed by atoms with Gasteiger partial charge in [0, 0.05) is 5.69 Å². The summed E-state index contributed by atoms with van der Waals surface area (Å²) in [6.45, 7) is 3.84. The summed E-state index contributed by atoms with van der Waals surface area (Å²) < 4.78 is 4.99. The quantitative estimate of drug-likeness (QED) is 0.572. The molecule has 0 aliphatic carbocycles. The van der Waals surface area contributed by atoms with Crippen LogP contribution in [-0.2, 0) is 0 Å². The lowest BCUT2D eigenvalue weighted by Crippen LogP contribution is -1.80. The van der Waals surface area contributed by atoms with E-state index in [4.69, 9.17) is 4.52 Å². The van der Waals surface area contributed by atoms with Gasteiger partial charge >= 0.3 is 0 Å². The van der Waals surface area contributed by atoms with Crippen LogP contribution in [-0.4, -0.2) is 10.1 Å². The van der Waals surface area contributed by atoms with Crippen LogP contribution in [0, 0.1) is 13.8 Å². The van der Waals surface area contributed by atoms with E-state index in [-0.39, 0.29) is 0 Å². The van der Waals surface area contributed by atoms with E-state index < -0.39 is 0 Å². The molecule has 0 saturated heterocycles. The molecule has 3 heteroatoms. The summed E-state index contributed by atoms with van der Waals surface area (Å²) in [6.07, 6.45) is 0. The van der Waals surface area contributed by atoms with Crippen molar-refractivity contribution in [3.05, 3.63) is 23.5 Å². The van der Waals surface area contributed by atoms with Gasteiger partial charge in [-0.1, -0.05) is 5.16 Å². The highest BCUT2D eigenvalue weighted by Crippen LogP contribution is 2.14. The molecule has 11 heavy (non-hydrogen) atoms. The van der Waals surface area contributed by atoms with Crippen molar-refractivity contribution in [2.75, 3.05) is 0 Å². The van der Waals surface area contributed by atoms with Crippen molar-refractivity contribution < 1.29 is 4.52 Å². The minimum absolute atomic E-state index is 0.758. The number of nitrogens with zero attached hydrogens (tertiary/aromatic N) is 2. The standard InChI is InChI=1S/C8H8N2O/c1-5-3-4-7-8(9-5)6(2)10-11-7/h3-4H,1-2H3. The minimum atomic E-state index is 0.758. The molecule has 2 aromatic rings. The van der Waals surface area contributed by atoms with Crippen LogP contribution in [0.25, 0.3) is 11.1 Å². The Morgan fingerprint density at radius 1 is 1.27 bits per heavy atom. The SMILES string of the molecule is Cc1ccc2onc(C)c2n1. The molecule has 0 bridgehead atoms. The maximum Gasteiger partial charge on any atom is 0.185 e. The molecule has 0 aromatic carbocycles. The topological polar surface area (TPSA) is 38.9 Å². The second-order valence-corrected chi connectivity index (χ2v) is 2.57. The average Bonchev–Trinajstić information content (AvgIpc) is 2.33. The van der Waals surface area contributed by atoms with Gasteiger partial charge < -0.3 is 4.52 Å². The van der Waals surface area contributed by atoms with E-state index in [1.54, 1.807) is 0 Å². The van der Waals surface area contributed by atoms with E-state index in [0.29, 0.717) is 0 Å². The first-order chi connectivity index (χ1) is 5.27. The number of rotatable bonds is 0. The van der Waals surface area contributed by atoms with Gasteiger partial charge in [-0.05, 0) is 26.0 Å². The molecule has 56 valence electrons. The second-order valence-electron chi connectivity index (χ2n) is 2.57. The van der Waals surface area contributed by atoms with E-state index >= 15 is 0 Å². The number of fused-ring (bicyclic) bond motifs is 1. The fraction of sp³-hybridized carbons (Fsp3) is 0.250. The van der Waals surface area contributed by atoms with Crippen molar-refractivity contribution in [3.8, 4) is 0 Å². The van der Waals surface area contributed by atoms with Gasteiger partial charge in [0.15, 0.2) is 5.58 Å². The fourth-order valence-corrected chi connectivity index (χ4v) is 1.04. The fourth-order valence-electron chi connectivity index (χ4n) is 1.04. The number of hydrogen-bond acceptors (Lipinski definition) is 3. The summed E-state index contributed by atoms with van der Waals surface area (Å²) in [5.74, 6) is 0. The van der Waals surface area contributed by atoms with E-state index in [1.165, 1.54) is 0 Å². The molecule has 0 amide bonds. The highest BCUT2D eigenvalue weighted by atomic mass is 16.5. The van der Waals surface area contributed by atoms with Crippen LogP contribution in [0.15, 0.2) is 16.7 Å². The summed E-state index contributed by atoms with van der Waals surface area (Å²) in [5, 5.41) is 3.80. The summed E-state index contributed by atoms with van der Waals surface area (Å²) in [7, 11) is 0. The van der Waals surface area contributed by atoms with Gasteiger partial charge in [-0.3, -0.25) is 0 Å². The van der Waals surface area contributed by atoms with Crippen LogP contribution >= 0.6 is 0 Å². The Labute approximate surface area is 64.0 Å². The Hall–Kier alpha value is -1.38. The molecule has 2 heterocycles. The van der Waals surface area contributed by atoms with Crippen LogP contribution in [0.5, 0.6) is 0 Å². The van der Waals surface area contributed by atoms with Gasteiger partial charge in [0.2, 0.25) is 0 Å². The van der Waals surface area contributed by atoms with Crippen molar-refractivity contribution in [3.63, 3.8) is 0 Å². The Morgan fingerprint density at radius 2 is 2.09 bits per heavy atom. The Kier molecular flexibility index (Phi) is 1.18. The number of hydrogen-bond donors (Lipinski definition) is 0. The molecule has 0 aliphatic rings. The summed E-state index contributed by atoms with van der Waals surface area (Å²) >= 11 is 0. The average molecular weight is 148 g/mol. The first-order valence-electron chi connectivity index (χ1n) is 3.47. The molecule has 0 N–H and O–H groups in total. The van der Waals surface area contributed by atoms with E-state index in [1.807, 2.05) is 26.0 Å². The largest absolute Gasteiger partial charge is 0.354 e. The molecule has 0 fully saturated rings. The monoisotopic (exact) mass is 148 g/mol. The third-order valence-corrected chi connectivity index (χ3v) is 1.62. The molecular formula is C8H8N2O. The van der Waals surface area contributed by atoms with Crippen molar-refractivity contribution in [1.29, 1.82) is 0 Å². The van der Waals surface area contributed by atoms with Gasteiger partial charge in [-0.15, -0.1) is 0 Å². The van der Waals surface area contributed by atoms with Crippen molar-refractivity contribution in [2.45, 2.75) is 13.8 Å². The predicted octanol–water partition coefficient (Wildman–Crippen LogP) is 1.84. The molecule has 0 radical (unpaired) electrons. The molecule has 0 unspecified atom stereocenters. The maximum atomic E-state index is 4.99. The molecular weight excluding hydrogens is 140 g/mol. The number of aromatic nitrogens is 2. The maximum absolute atomic E-state index is 4.99. The summed E-state index contributed by atoms with van der Waals surface area (Å²) in [6, 6.07) is 3.80. The van der Waals surface area contributed by atoms with Crippen molar-refractivity contribution in [2.24, 2.45) is 0 Å². The molecule has 2 aromatic heterocycles. The highest BCUT2D eigenvalue weighted by molar-refractivity contribution is 5.74. The second kappa shape index (κ2) is 2.05. The lowest BCUT2D eigenvalue weighted by molar-refractivity contribution is 0.450. The zero-order chi connectivity index (χ0) is 7.84. The van der Waals surface area contributed by atoms with Crippen LogP contribution in [0.1, 0.15) is 11.4 Å². The van der Waals surface area contributed by atoms with Crippen LogP contribution in [0.3, 0.4) is 0 Å². The van der Waals surface area contributed by atoms with E-state index in [0.717, 1.165) is 22.5 Å². The molecule has 0 spiro atoms. The Morgan fingerprint density at radius 3 is 2.91 bits per heavy atom. The molecule has 0 atom stereocenters. The third-order valence-electron chi connectivity index (χ3n) is 1.62. The minimum Gasteiger partial charge on any atom is -0.354 e. The number of aryl methyl sites for hydroxylation is 2. The first kappa shape index (κ1) is 6.34. The van der Waals surface area contributed by atoms with Crippen LogP contribution in [0.2, 0.25) is 0 Å². The normalized spacial score (nSPS) is 10.7. The lowest BCUT2D eigenvalue weighted by atomic mass is 10.3. The molecule has 0 saturated carbocycles. The van der Waals surface area contributed by atoms with Gasteiger partial charge in [0.25, 0.3) is 0 Å².